The quantitative estimate of drug-likeness (QED) is 0.409. The van der Waals surface area contributed by atoms with Crippen molar-refractivity contribution in [2.75, 3.05) is 24.7 Å². The van der Waals surface area contributed by atoms with Crippen LogP contribution in [-0.4, -0.2) is 56.8 Å². The van der Waals surface area contributed by atoms with Crippen molar-refractivity contribution < 1.29 is 22.8 Å². The molecule has 12 heteroatoms. The van der Waals surface area contributed by atoms with Gasteiger partial charge in [-0.3, -0.25) is 14.6 Å². The Hall–Kier alpha value is -5.18. The molecule has 1 spiro atoms. The number of nitriles is 1. The maximum absolute atomic E-state index is 14.5. The fourth-order valence-corrected chi connectivity index (χ4v) is 5.45. The van der Waals surface area contributed by atoms with Gasteiger partial charge in [0.1, 0.15) is 17.4 Å². The molecule has 0 unspecified atom stereocenters. The normalized spacial score (nSPS) is 16.1. The number of rotatable bonds is 4. The van der Waals surface area contributed by atoms with Crippen molar-refractivity contribution in [1.82, 2.24) is 25.0 Å². The zero-order valence-electron chi connectivity index (χ0n) is 21.5. The Labute approximate surface area is 232 Å². The molecule has 2 aliphatic rings. The molecule has 2 saturated heterocycles. The van der Waals surface area contributed by atoms with E-state index in [9.17, 15) is 22.8 Å². The lowest BCUT2D eigenvalue weighted by Crippen LogP contribution is -2.57. The lowest BCUT2D eigenvalue weighted by atomic mass is 9.85. The zero-order valence-corrected chi connectivity index (χ0v) is 21.5. The summed E-state index contributed by atoms with van der Waals surface area (Å²) in [4.78, 5) is 34.0. The first kappa shape index (κ1) is 26.1. The summed E-state index contributed by atoms with van der Waals surface area (Å²) in [6.45, 7) is 0.567. The van der Waals surface area contributed by atoms with E-state index in [1.165, 1.54) is 22.9 Å². The van der Waals surface area contributed by atoms with Crippen molar-refractivity contribution >= 4 is 17.5 Å². The summed E-state index contributed by atoms with van der Waals surface area (Å²) >= 11 is 0. The summed E-state index contributed by atoms with van der Waals surface area (Å²) in [5, 5.41) is 16.4. The van der Waals surface area contributed by atoms with Gasteiger partial charge in [0.15, 0.2) is 17.3 Å². The Bertz CT molecular complexity index is 1710. The largest absolute Gasteiger partial charge is 0.339 e. The highest BCUT2D eigenvalue weighted by Gasteiger charge is 2.51. The minimum atomic E-state index is -1.01. The number of hydrogen-bond acceptors (Lipinski definition) is 6. The molecule has 1 N–H and O–H groups in total. The maximum Gasteiger partial charge on any atom is 0.274 e. The molecule has 41 heavy (non-hydrogen) atoms. The van der Waals surface area contributed by atoms with E-state index in [0.29, 0.717) is 22.6 Å². The number of nitrogens with one attached hydrogen (secondary N) is 1. The third kappa shape index (κ3) is 4.45. The molecule has 2 fully saturated rings. The molecule has 9 nitrogen and oxygen atoms in total. The average molecular weight is 558 g/mol. The summed E-state index contributed by atoms with van der Waals surface area (Å²) in [5.74, 6) is -3.31. The maximum atomic E-state index is 14.5. The van der Waals surface area contributed by atoms with Crippen molar-refractivity contribution in [1.29, 1.82) is 5.26 Å². The molecular weight excluding hydrogens is 535 g/mol. The second kappa shape index (κ2) is 10.1. The van der Waals surface area contributed by atoms with E-state index in [0.717, 1.165) is 12.1 Å². The van der Waals surface area contributed by atoms with E-state index < -0.39 is 23.0 Å². The van der Waals surface area contributed by atoms with Crippen LogP contribution in [0.2, 0.25) is 0 Å². The SMILES string of the molecule is N#Cc1ccc(-n2nc(C(=O)N3CCC4(CC3)C(=O)NCN4c3ccc(F)c(F)c3)cc2-c2cccnc2)cc1F. The predicted molar refractivity (Wildman–Crippen MR) is 141 cm³/mol. The molecular formula is C29H22F3N7O2. The van der Waals surface area contributed by atoms with Crippen LogP contribution in [-0.2, 0) is 4.79 Å². The first-order valence-electron chi connectivity index (χ1n) is 12.8. The van der Waals surface area contributed by atoms with Crippen LogP contribution in [0.15, 0.2) is 67.0 Å². The molecule has 0 radical (unpaired) electrons. The van der Waals surface area contributed by atoms with Gasteiger partial charge in [0, 0.05) is 48.9 Å². The summed E-state index contributed by atoms with van der Waals surface area (Å²) < 4.78 is 43.4. The van der Waals surface area contributed by atoms with Crippen LogP contribution in [0, 0.1) is 28.8 Å². The highest BCUT2D eigenvalue weighted by atomic mass is 19.2. The number of amides is 2. The Balaban J connectivity index is 1.28. The molecule has 2 amide bonds. The molecule has 0 aliphatic carbocycles. The highest BCUT2D eigenvalue weighted by molar-refractivity contribution is 5.96. The van der Waals surface area contributed by atoms with Crippen LogP contribution in [0.3, 0.4) is 0 Å². The van der Waals surface area contributed by atoms with Crippen molar-refractivity contribution in [2.45, 2.75) is 18.4 Å². The van der Waals surface area contributed by atoms with Gasteiger partial charge in [-0.05, 0) is 55.3 Å². The Morgan fingerprint density at radius 1 is 0.976 bits per heavy atom. The van der Waals surface area contributed by atoms with Crippen LogP contribution in [0.1, 0.15) is 28.9 Å². The van der Waals surface area contributed by atoms with E-state index in [1.54, 1.807) is 52.5 Å². The number of carbonyl (C=O) groups is 2. The van der Waals surface area contributed by atoms with Crippen molar-refractivity contribution in [2.24, 2.45) is 0 Å². The van der Waals surface area contributed by atoms with E-state index in [-0.39, 0.29) is 55.7 Å². The molecule has 4 heterocycles. The van der Waals surface area contributed by atoms with Gasteiger partial charge < -0.3 is 15.1 Å². The van der Waals surface area contributed by atoms with Gasteiger partial charge in [-0.2, -0.15) is 10.4 Å². The summed E-state index contributed by atoms with van der Waals surface area (Å²) in [7, 11) is 0. The van der Waals surface area contributed by atoms with Gasteiger partial charge in [-0.25, -0.2) is 17.9 Å². The fourth-order valence-electron chi connectivity index (χ4n) is 5.45. The standard InChI is InChI=1S/C29H22F3N7O2/c30-22-6-5-20(12-24(22)32)38-17-35-28(41)29(38)7-10-37(11-8-29)27(40)25-14-26(19-2-1-9-34-16-19)39(36-25)21-4-3-18(15-33)23(31)13-21/h1-6,9,12-14,16H,7-8,10-11,17H2,(H,35,41). The fraction of sp³-hybridized carbons (Fsp3) is 0.207. The van der Waals surface area contributed by atoms with Gasteiger partial charge in [0.25, 0.3) is 5.91 Å². The number of piperidine rings is 1. The van der Waals surface area contributed by atoms with Gasteiger partial charge in [-0.1, -0.05) is 0 Å². The molecule has 2 aromatic carbocycles. The Kier molecular flexibility index (Phi) is 6.42. The molecule has 0 bridgehead atoms. The van der Waals surface area contributed by atoms with Crippen molar-refractivity contribution in [3.63, 3.8) is 0 Å². The first-order valence-corrected chi connectivity index (χ1v) is 12.8. The molecule has 0 saturated carbocycles. The van der Waals surface area contributed by atoms with E-state index >= 15 is 0 Å². The van der Waals surface area contributed by atoms with E-state index in [4.69, 9.17) is 5.26 Å². The third-order valence-electron chi connectivity index (χ3n) is 7.63. The topological polar surface area (TPSA) is 107 Å². The van der Waals surface area contributed by atoms with E-state index in [2.05, 4.69) is 15.4 Å². The molecule has 2 aromatic heterocycles. The minimum absolute atomic E-state index is 0.109. The van der Waals surface area contributed by atoms with Crippen LogP contribution >= 0.6 is 0 Å². The lowest BCUT2D eigenvalue weighted by Gasteiger charge is -2.43. The third-order valence-corrected chi connectivity index (χ3v) is 7.63. The van der Waals surface area contributed by atoms with Crippen LogP contribution in [0.25, 0.3) is 16.9 Å². The number of benzene rings is 2. The Morgan fingerprint density at radius 3 is 2.41 bits per heavy atom. The number of carbonyl (C=O) groups excluding carboxylic acids is 2. The predicted octanol–water partition coefficient (Wildman–Crippen LogP) is 3.79. The number of anilines is 1. The molecule has 206 valence electrons. The monoisotopic (exact) mass is 557 g/mol. The molecule has 2 aliphatic heterocycles. The summed E-state index contributed by atoms with van der Waals surface area (Å²) in [6.07, 6.45) is 3.73. The number of likely N-dealkylation sites (tertiary alicyclic amines) is 1. The smallest absolute Gasteiger partial charge is 0.274 e. The highest BCUT2D eigenvalue weighted by Crippen LogP contribution is 2.37. The number of nitrogens with zero attached hydrogens (tertiary/aromatic N) is 6. The minimum Gasteiger partial charge on any atom is -0.339 e. The van der Waals surface area contributed by atoms with Crippen LogP contribution in [0.4, 0.5) is 18.9 Å². The number of pyridine rings is 1. The van der Waals surface area contributed by atoms with Gasteiger partial charge in [0.05, 0.1) is 23.6 Å². The Morgan fingerprint density at radius 2 is 1.73 bits per heavy atom. The number of halogens is 3. The zero-order chi connectivity index (χ0) is 28.7. The summed E-state index contributed by atoms with van der Waals surface area (Å²) in [5.41, 5.74) is 0.818. The molecule has 4 aromatic rings. The van der Waals surface area contributed by atoms with Crippen molar-refractivity contribution in [3.05, 3.63) is 95.7 Å². The number of hydrogen-bond donors (Lipinski definition) is 1. The molecule has 6 rings (SSSR count). The number of aromatic nitrogens is 3. The van der Waals surface area contributed by atoms with Crippen molar-refractivity contribution in [3.8, 4) is 23.0 Å². The lowest BCUT2D eigenvalue weighted by molar-refractivity contribution is -0.124. The van der Waals surface area contributed by atoms with Gasteiger partial charge >= 0.3 is 0 Å². The molecule has 0 atom stereocenters. The van der Waals surface area contributed by atoms with Crippen LogP contribution in [0.5, 0.6) is 0 Å². The van der Waals surface area contributed by atoms with Crippen LogP contribution < -0.4 is 10.2 Å². The first-order chi connectivity index (χ1) is 19.8. The summed E-state index contributed by atoms with van der Waals surface area (Å²) in [6, 6.07) is 14.5. The van der Waals surface area contributed by atoms with Gasteiger partial charge in [-0.15, -0.1) is 0 Å². The van der Waals surface area contributed by atoms with Gasteiger partial charge in [0.2, 0.25) is 5.91 Å². The second-order valence-corrected chi connectivity index (χ2v) is 9.86. The van der Waals surface area contributed by atoms with E-state index in [1.807, 2.05) is 0 Å². The average Bonchev–Trinajstić information content (AvgIpc) is 3.57. The second-order valence-electron chi connectivity index (χ2n) is 9.86.